The van der Waals surface area contributed by atoms with Crippen LogP contribution >= 0.6 is 8.60 Å². The molecule has 0 radical (unpaired) electrons. The Balaban J connectivity index is 2.45. The molecule has 0 spiro atoms. The van der Waals surface area contributed by atoms with Crippen LogP contribution in [0.2, 0.25) is 0 Å². The van der Waals surface area contributed by atoms with Gasteiger partial charge in [-0.25, -0.2) is 0 Å². The molecular weight excluding hydrogens is 287 g/mol. The number of nitrogens with zero attached hydrogens (tertiary/aromatic N) is 1. The number of hydrogen-bond donors (Lipinski definition) is 3. The van der Waals surface area contributed by atoms with E-state index < -0.39 is 14.5 Å². The average Bonchev–Trinajstić information content (AvgIpc) is 2.85. The predicted octanol–water partition coefficient (Wildman–Crippen LogP) is -0.172. The van der Waals surface area contributed by atoms with E-state index in [-0.39, 0.29) is 18.9 Å². The number of carbonyl (C=O) groups is 2. The minimum atomic E-state index is -2.36. The van der Waals surface area contributed by atoms with Crippen LogP contribution in [0.5, 0.6) is 0 Å². The first-order chi connectivity index (χ1) is 9.43. The van der Waals surface area contributed by atoms with Crippen molar-refractivity contribution in [3.8, 4) is 0 Å². The van der Waals surface area contributed by atoms with Crippen LogP contribution in [0.15, 0.2) is 11.8 Å². The van der Waals surface area contributed by atoms with E-state index in [1.807, 2.05) is 0 Å². The summed E-state index contributed by atoms with van der Waals surface area (Å²) in [4.78, 5) is 40.6. The van der Waals surface area contributed by atoms with Crippen LogP contribution in [0, 0.1) is 0 Å². The third-order valence-corrected chi connectivity index (χ3v) is 3.24. The zero-order valence-electron chi connectivity index (χ0n) is 11.4. The third-order valence-electron chi connectivity index (χ3n) is 2.86. The largest absolute Gasteiger partial charge is 0.355 e. The van der Waals surface area contributed by atoms with Gasteiger partial charge in [-0.05, 0) is 19.8 Å². The quantitative estimate of drug-likeness (QED) is 0.340. The maximum absolute atomic E-state index is 11.4. The number of imide groups is 1. The smallest absolute Gasteiger partial charge is 0.327 e. The van der Waals surface area contributed by atoms with Crippen molar-refractivity contribution >= 4 is 20.9 Å². The minimum absolute atomic E-state index is 0.122. The first kappa shape index (κ1) is 17.0. The lowest BCUT2D eigenvalue weighted by Gasteiger charge is -2.23. The zero-order valence-corrected chi connectivity index (χ0v) is 12.2. The highest BCUT2D eigenvalue weighted by atomic mass is 31.2. The van der Waals surface area contributed by atoms with Crippen LogP contribution in [-0.4, -0.2) is 53.0 Å². The topological polar surface area (TPSA) is 108 Å². The molecule has 0 aliphatic carbocycles. The number of hydrogen-bond acceptors (Lipinski definition) is 7. The summed E-state index contributed by atoms with van der Waals surface area (Å²) in [5.41, 5.74) is 0.386. The van der Waals surface area contributed by atoms with Gasteiger partial charge in [0.1, 0.15) is 6.23 Å². The van der Waals surface area contributed by atoms with Crippen LogP contribution in [0.3, 0.4) is 0 Å². The van der Waals surface area contributed by atoms with Gasteiger partial charge in [0.25, 0.3) is 5.91 Å². The van der Waals surface area contributed by atoms with Crippen molar-refractivity contribution in [2.45, 2.75) is 32.1 Å². The fourth-order valence-corrected chi connectivity index (χ4v) is 2.17. The van der Waals surface area contributed by atoms with Crippen LogP contribution in [0.25, 0.3) is 0 Å². The number of amides is 2. The Morgan fingerprint density at radius 3 is 2.85 bits per heavy atom. The van der Waals surface area contributed by atoms with Crippen LogP contribution in [-0.2, 0) is 18.8 Å². The molecule has 1 saturated heterocycles. The molecule has 2 unspecified atom stereocenters. The van der Waals surface area contributed by atoms with E-state index in [9.17, 15) is 9.59 Å². The highest BCUT2D eigenvalue weighted by molar-refractivity contribution is 7.39. The number of rotatable bonds is 7. The second kappa shape index (κ2) is 8.28. The molecular formula is C11H19N2O6P. The Morgan fingerprint density at radius 2 is 2.25 bits per heavy atom. The highest BCUT2D eigenvalue weighted by Crippen LogP contribution is 2.28. The maximum atomic E-state index is 11.4. The normalized spacial score (nSPS) is 22.9. The number of nitrogens with one attached hydrogen (secondary N) is 1. The van der Waals surface area contributed by atoms with E-state index in [0.717, 1.165) is 12.8 Å². The molecule has 0 saturated carbocycles. The molecule has 0 aromatic heterocycles. The monoisotopic (exact) mass is 306 g/mol. The fourth-order valence-electron chi connectivity index (χ4n) is 1.87. The first-order valence-corrected chi connectivity index (χ1v) is 7.21. The van der Waals surface area contributed by atoms with E-state index in [1.54, 1.807) is 25.1 Å². The molecule has 20 heavy (non-hydrogen) atoms. The molecule has 0 aromatic carbocycles. The van der Waals surface area contributed by atoms with Gasteiger partial charge in [0.15, 0.2) is 0 Å². The third kappa shape index (κ3) is 5.52. The van der Waals surface area contributed by atoms with Crippen molar-refractivity contribution in [1.82, 2.24) is 10.2 Å². The van der Waals surface area contributed by atoms with Crippen molar-refractivity contribution in [1.29, 1.82) is 0 Å². The summed E-state index contributed by atoms with van der Waals surface area (Å²) in [6.45, 7) is 1.72. The lowest BCUT2D eigenvalue weighted by Crippen LogP contribution is -2.30. The Labute approximate surface area is 118 Å². The lowest BCUT2D eigenvalue weighted by atomic mass is 10.2. The van der Waals surface area contributed by atoms with Crippen molar-refractivity contribution < 1.29 is 28.6 Å². The standard InChI is InChI=1S/C11H19N2O6P/c1-8(11(15)12-7-14)5-13(2)10-4-3-9(19-10)6-18-20(16)17/h5,7,9-10,16-17H,3-4,6H2,1-2H3,(H,12,14,15)/b8-5-. The molecule has 1 rings (SSSR count). The van der Waals surface area contributed by atoms with Crippen LogP contribution in [0.4, 0.5) is 0 Å². The first-order valence-electron chi connectivity index (χ1n) is 6.05. The Hall–Kier alpha value is -1.05. The molecule has 2 amide bonds. The summed E-state index contributed by atoms with van der Waals surface area (Å²) in [5, 5.41) is 2.05. The van der Waals surface area contributed by atoms with E-state index in [4.69, 9.17) is 19.0 Å². The van der Waals surface area contributed by atoms with Crippen LogP contribution < -0.4 is 5.32 Å². The zero-order chi connectivity index (χ0) is 15.1. The predicted molar refractivity (Wildman–Crippen MR) is 70.9 cm³/mol. The molecule has 1 aliphatic rings. The molecule has 8 nitrogen and oxygen atoms in total. The van der Waals surface area contributed by atoms with Gasteiger partial charge in [0.05, 0.1) is 12.7 Å². The second-order valence-corrected chi connectivity index (χ2v) is 5.17. The summed E-state index contributed by atoms with van der Waals surface area (Å²) < 4.78 is 10.4. The summed E-state index contributed by atoms with van der Waals surface area (Å²) in [6.07, 6.45) is 2.97. The van der Waals surface area contributed by atoms with Gasteiger partial charge in [0, 0.05) is 18.8 Å². The van der Waals surface area contributed by atoms with E-state index >= 15 is 0 Å². The molecule has 1 heterocycles. The van der Waals surface area contributed by atoms with E-state index in [2.05, 4.69) is 5.32 Å². The molecule has 9 heteroatoms. The van der Waals surface area contributed by atoms with Gasteiger partial charge in [-0.3, -0.25) is 14.9 Å². The number of carbonyl (C=O) groups excluding carboxylic acids is 2. The van der Waals surface area contributed by atoms with Crippen LogP contribution in [0.1, 0.15) is 19.8 Å². The van der Waals surface area contributed by atoms with Crippen molar-refractivity contribution in [2.24, 2.45) is 0 Å². The summed E-state index contributed by atoms with van der Waals surface area (Å²) in [6, 6.07) is 0. The van der Waals surface area contributed by atoms with Gasteiger partial charge in [0.2, 0.25) is 6.41 Å². The SMILES string of the molecule is C/C(=C/N(C)C1CCC(COP(O)O)O1)C(=O)NC=O. The number of ether oxygens (including phenoxy) is 1. The van der Waals surface area contributed by atoms with Gasteiger partial charge < -0.3 is 23.9 Å². The molecule has 3 N–H and O–H groups in total. The van der Waals surface area contributed by atoms with Crippen molar-refractivity contribution in [3.63, 3.8) is 0 Å². The molecule has 0 aromatic rings. The van der Waals surface area contributed by atoms with E-state index in [0.29, 0.717) is 12.0 Å². The van der Waals surface area contributed by atoms with Gasteiger partial charge >= 0.3 is 8.60 Å². The summed E-state index contributed by atoms with van der Waals surface area (Å²) in [7, 11) is -0.604. The van der Waals surface area contributed by atoms with Gasteiger partial charge in [-0.1, -0.05) is 0 Å². The summed E-state index contributed by atoms with van der Waals surface area (Å²) in [5.74, 6) is -0.462. The van der Waals surface area contributed by atoms with Gasteiger partial charge in [-0.15, -0.1) is 0 Å². The molecule has 1 fully saturated rings. The fraction of sp³-hybridized carbons (Fsp3) is 0.636. The Bertz CT molecular complexity index is 376. The van der Waals surface area contributed by atoms with Crippen molar-refractivity contribution in [2.75, 3.05) is 13.7 Å². The van der Waals surface area contributed by atoms with Gasteiger partial charge in [-0.2, -0.15) is 0 Å². The molecule has 0 bridgehead atoms. The average molecular weight is 306 g/mol. The molecule has 1 aliphatic heterocycles. The maximum Gasteiger partial charge on any atom is 0.327 e. The minimum Gasteiger partial charge on any atom is -0.355 e. The van der Waals surface area contributed by atoms with Crippen molar-refractivity contribution in [3.05, 3.63) is 11.8 Å². The molecule has 114 valence electrons. The summed E-state index contributed by atoms with van der Waals surface area (Å²) >= 11 is 0. The van der Waals surface area contributed by atoms with E-state index in [1.165, 1.54) is 0 Å². The Kier molecular flexibility index (Phi) is 7.04. The second-order valence-electron chi connectivity index (χ2n) is 4.41. The highest BCUT2D eigenvalue weighted by Gasteiger charge is 2.28. The Morgan fingerprint density at radius 1 is 1.55 bits per heavy atom. The molecule has 2 atom stereocenters. The lowest BCUT2D eigenvalue weighted by molar-refractivity contribution is -0.122.